The minimum Gasteiger partial charge on any atom is -0.493 e. The predicted octanol–water partition coefficient (Wildman–Crippen LogP) is 4.24. The molecule has 0 aliphatic carbocycles. The number of rotatable bonds is 5. The SMILES string of the molecule is CCC(c1ccc(OC#N)c(OC)c1)[Si](Cl)(Cl)Cl. The van der Waals surface area contributed by atoms with Gasteiger partial charge in [-0.05, 0) is 24.1 Å². The quantitative estimate of drug-likeness (QED) is 0.462. The molecular formula is C11H12Cl3NO2Si. The van der Waals surface area contributed by atoms with E-state index in [2.05, 4.69) is 0 Å². The van der Waals surface area contributed by atoms with Crippen LogP contribution in [-0.4, -0.2) is 13.1 Å². The molecule has 1 rings (SSSR count). The molecule has 18 heavy (non-hydrogen) atoms. The molecule has 0 saturated carbocycles. The lowest BCUT2D eigenvalue weighted by Gasteiger charge is -2.21. The van der Waals surface area contributed by atoms with Crippen molar-refractivity contribution in [1.29, 1.82) is 5.26 Å². The molecule has 0 N–H and O–H groups in total. The number of nitriles is 1. The average Bonchev–Trinajstić information content (AvgIpc) is 2.30. The van der Waals surface area contributed by atoms with Gasteiger partial charge in [-0.1, -0.05) is 13.0 Å². The fourth-order valence-electron chi connectivity index (χ4n) is 1.69. The third-order valence-electron chi connectivity index (χ3n) is 2.55. The van der Waals surface area contributed by atoms with Crippen molar-refractivity contribution in [2.24, 2.45) is 0 Å². The molecule has 0 aliphatic rings. The number of ether oxygens (including phenoxy) is 2. The maximum absolute atomic E-state index is 8.51. The number of nitrogens with zero attached hydrogens (tertiary/aromatic N) is 1. The van der Waals surface area contributed by atoms with Crippen LogP contribution in [-0.2, 0) is 0 Å². The number of benzene rings is 1. The van der Waals surface area contributed by atoms with E-state index in [0.717, 1.165) is 12.0 Å². The van der Waals surface area contributed by atoms with E-state index in [1.165, 1.54) is 7.11 Å². The lowest BCUT2D eigenvalue weighted by Crippen LogP contribution is -2.22. The van der Waals surface area contributed by atoms with E-state index in [9.17, 15) is 0 Å². The van der Waals surface area contributed by atoms with Gasteiger partial charge >= 0.3 is 6.00 Å². The summed E-state index contributed by atoms with van der Waals surface area (Å²) in [7, 11) is 1.50. The first-order chi connectivity index (χ1) is 8.43. The van der Waals surface area contributed by atoms with Gasteiger partial charge in [0, 0.05) is 5.54 Å². The maximum Gasteiger partial charge on any atom is 0.348 e. The fraction of sp³-hybridized carbons (Fsp3) is 0.364. The minimum atomic E-state index is -2.84. The van der Waals surface area contributed by atoms with Gasteiger partial charge in [-0.3, -0.25) is 0 Å². The Balaban J connectivity index is 3.16. The van der Waals surface area contributed by atoms with Crippen LogP contribution in [0.2, 0.25) is 0 Å². The van der Waals surface area contributed by atoms with Crippen LogP contribution >= 0.6 is 33.2 Å². The summed E-state index contributed by atoms with van der Waals surface area (Å²) in [5.41, 5.74) is 0.763. The Bertz CT molecular complexity index is 457. The van der Waals surface area contributed by atoms with Crippen LogP contribution in [0, 0.1) is 11.5 Å². The summed E-state index contributed by atoms with van der Waals surface area (Å²) >= 11 is 18.2. The lowest BCUT2D eigenvalue weighted by atomic mass is 10.1. The Morgan fingerprint density at radius 2 is 2.00 bits per heavy atom. The second-order valence-corrected chi connectivity index (χ2v) is 12.5. The first-order valence-corrected chi connectivity index (χ1v) is 10.4. The largest absolute Gasteiger partial charge is 0.493 e. The van der Waals surface area contributed by atoms with E-state index in [1.807, 2.05) is 6.92 Å². The average molecular weight is 325 g/mol. The zero-order valence-corrected chi connectivity index (χ0v) is 13.2. The molecule has 0 aromatic heterocycles. The summed E-state index contributed by atoms with van der Waals surface area (Å²) in [5.74, 6) is 0.806. The molecule has 98 valence electrons. The van der Waals surface area contributed by atoms with Crippen molar-refractivity contribution in [1.82, 2.24) is 0 Å². The molecule has 0 amide bonds. The highest BCUT2D eigenvalue weighted by Gasteiger charge is 2.37. The smallest absolute Gasteiger partial charge is 0.348 e. The summed E-state index contributed by atoms with van der Waals surface area (Å²) in [6.45, 7) is 1.96. The number of hydrogen-bond donors (Lipinski definition) is 0. The first-order valence-electron chi connectivity index (χ1n) is 5.24. The summed E-state index contributed by atoms with van der Waals surface area (Å²) in [5, 5.41) is 8.51. The molecule has 3 nitrogen and oxygen atoms in total. The monoisotopic (exact) mass is 323 g/mol. The normalized spacial score (nSPS) is 12.7. The van der Waals surface area contributed by atoms with Crippen molar-refractivity contribution in [3.8, 4) is 17.8 Å². The Morgan fingerprint density at radius 1 is 1.33 bits per heavy atom. The lowest BCUT2D eigenvalue weighted by molar-refractivity contribution is 0.383. The second-order valence-electron chi connectivity index (χ2n) is 3.61. The molecule has 7 heteroatoms. The molecule has 0 heterocycles. The summed E-state index contributed by atoms with van der Waals surface area (Å²) in [6.07, 6.45) is 2.33. The molecule has 1 aromatic rings. The van der Waals surface area contributed by atoms with Gasteiger partial charge in [0.1, 0.15) is 0 Å². The summed E-state index contributed by atoms with van der Waals surface area (Å²) in [4.78, 5) is 0. The van der Waals surface area contributed by atoms with Gasteiger partial charge < -0.3 is 9.47 Å². The van der Waals surface area contributed by atoms with Crippen LogP contribution in [0.1, 0.15) is 24.4 Å². The molecule has 1 aromatic carbocycles. The summed E-state index contributed by atoms with van der Waals surface area (Å²) < 4.78 is 9.93. The van der Waals surface area contributed by atoms with Crippen LogP contribution in [0.25, 0.3) is 0 Å². The number of methoxy groups -OCH3 is 1. The van der Waals surface area contributed by atoms with Crippen LogP contribution in [0.4, 0.5) is 0 Å². The maximum atomic E-state index is 8.51. The Hall–Kier alpha value is -0.603. The third-order valence-corrected chi connectivity index (χ3v) is 6.45. The Kier molecular flexibility index (Phi) is 5.61. The molecule has 0 aliphatic heterocycles. The van der Waals surface area contributed by atoms with Crippen LogP contribution in [0.15, 0.2) is 18.2 Å². The standard InChI is InChI=1S/C11H12Cl3NO2Si/c1-3-11(18(12,13)14)8-4-5-9(17-7-15)10(6-8)16-2/h4-6,11H,3H2,1-2H3. The topological polar surface area (TPSA) is 42.2 Å². The van der Waals surface area contributed by atoms with Crippen LogP contribution in [0.3, 0.4) is 0 Å². The Labute approximate surface area is 121 Å². The summed E-state index contributed by atoms with van der Waals surface area (Å²) in [6, 6.07) is 2.34. The van der Waals surface area contributed by atoms with Crippen molar-refractivity contribution >= 4 is 39.2 Å². The zero-order chi connectivity index (χ0) is 13.8. The zero-order valence-electron chi connectivity index (χ0n) is 9.91. The molecule has 0 bridgehead atoms. The van der Waals surface area contributed by atoms with Crippen molar-refractivity contribution in [2.75, 3.05) is 7.11 Å². The Morgan fingerprint density at radius 3 is 2.44 bits per heavy atom. The van der Waals surface area contributed by atoms with Crippen LogP contribution in [0.5, 0.6) is 11.5 Å². The fourth-order valence-corrected chi connectivity index (χ4v) is 5.23. The third kappa shape index (κ3) is 3.69. The van der Waals surface area contributed by atoms with Crippen molar-refractivity contribution < 1.29 is 9.47 Å². The van der Waals surface area contributed by atoms with Crippen molar-refractivity contribution in [3.05, 3.63) is 23.8 Å². The van der Waals surface area contributed by atoms with E-state index in [0.29, 0.717) is 11.5 Å². The van der Waals surface area contributed by atoms with Gasteiger partial charge in [0.15, 0.2) is 11.5 Å². The highest BCUT2D eigenvalue weighted by molar-refractivity contribution is 7.65. The van der Waals surface area contributed by atoms with Gasteiger partial charge in [0.2, 0.25) is 0 Å². The van der Waals surface area contributed by atoms with E-state index in [4.69, 9.17) is 48.0 Å². The van der Waals surface area contributed by atoms with Crippen molar-refractivity contribution in [2.45, 2.75) is 18.9 Å². The van der Waals surface area contributed by atoms with E-state index < -0.39 is 6.00 Å². The van der Waals surface area contributed by atoms with Gasteiger partial charge in [-0.2, -0.15) is 0 Å². The van der Waals surface area contributed by atoms with Gasteiger partial charge in [0.25, 0.3) is 6.26 Å². The molecule has 0 spiro atoms. The minimum absolute atomic E-state index is 0.118. The molecule has 0 saturated heterocycles. The van der Waals surface area contributed by atoms with E-state index in [1.54, 1.807) is 24.5 Å². The van der Waals surface area contributed by atoms with E-state index >= 15 is 0 Å². The van der Waals surface area contributed by atoms with E-state index in [-0.39, 0.29) is 5.54 Å². The molecule has 0 fully saturated rings. The number of hydrogen-bond acceptors (Lipinski definition) is 3. The number of halogens is 3. The highest BCUT2D eigenvalue weighted by atomic mass is 35.8. The first kappa shape index (κ1) is 15.5. The van der Waals surface area contributed by atoms with Crippen molar-refractivity contribution in [3.63, 3.8) is 0 Å². The van der Waals surface area contributed by atoms with Gasteiger partial charge in [-0.15, -0.1) is 38.5 Å². The molecule has 1 unspecified atom stereocenters. The van der Waals surface area contributed by atoms with Crippen LogP contribution < -0.4 is 9.47 Å². The second kappa shape index (κ2) is 6.53. The van der Waals surface area contributed by atoms with Gasteiger partial charge in [0.05, 0.1) is 7.11 Å². The highest BCUT2D eigenvalue weighted by Crippen LogP contribution is 2.41. The predicted molar refractivity (Wildman–Crippen MR) is 75.6 cm³/mol. The van der Waals surface area contributed by atoms with Gasteiger partial charge in [-0.25, -0.2) is 0 Å². The molecule has 1 atom stereocenters. The molecule has 0 radical (unpaired) electrons. The molecular weight excluding hydrogens is 313 g/mol.